The van der Waals surface area contributed by atoms with Crippen molar-refractivity contribution in [1.82, 2.24) is 10.8 Å². The molecule has 0 spiro atoms. The van der Waals surface area contributed by atoms with E-state index in [1.807, 2.05) is 30.3 Å². The number of carbonyl (C=O) groups is 1. The van der Waals surface area contributed by atoms with E-state index in [9.17, 15) is 4.79 Å². The molecule has 0 fully saturated rings. The van der Waals surface area contributed by atoms with Crippen LogP contribution in [0.4, 0.5) is 0 Å². The normalized spacial score (nSPS) is 10.1. The summed E-state index contributed by atoms with van der Waals surface area (Å²) in [5, 5.41) is 2.99. The Bertz CT molecular complexity index is 301. The van der Waals surface area contributed by atoms with Gasteiger partial charge in [0.15, 0.2) is 0 Å². The lowest BCUT2D eigenvalue weighted by Crippen LogP contribution is -2.34. The fourth-order valence-electron chi connectivity index (χ4n) is 1.19. The Morgan fingerprint density at radius 2 is 2.06 bits per heavy atom. The van der Waals surface area contributed by atoms with E-state index in [4.69, 9.17) is 4.84 Å². The SMILES string of the molecule is CCCNCC(=O)NOCc1ccccc1. The highest BCUT2D eigenvalue weighted by molar-refractivity contribution is 5.76. The maximum absolute atomic E-state index is 11.2. The molecule has 0 radical (unpaired) electrons. The predicted octanol–water partition coefficient (Wildman–Crippen LogP) is 1.23. The van der Waals surface area contributed by atoms with Crippen molar-refractivity contribution in [2.75, 3.05) is 13.1 Å². The van der Waals surface area contributed by atoms with Crippen molar-refractivity contribution in [2.45, 2.75) is 20.0 Å². The number of rotatable bonds is 7. The van der Waals surface area contributed by atoms with Gasteiger partial charge in [-0.25, -0.2) is 5.48 Å². The lowest BCUT2D eigenvalue weighted by Gasteiger charge is -2.06. The van der Waals surface area contributed by atoms with Crippen molar-refractivity contribution in [3.63, 3.8) is 0 Å². The van der Waals surface area contributed by atoms with Gasteiger partial charge in [0.05, 0.1) is 13.2 Å². The van der Waals surface area contributed by atoms with Crippen molar-refractivity contribution in [3.8, 4) is 0 Å². The summed E-state index contributed by atoms with van der Waals surface area (Å²) >= 11 is 0. The van der Waals surface area contributed by atoms with Crippen LogP contribution >= 0.6 is 0 Å². The van der Waals surface area contributed by atoms with Crippen LogP contribution in [0.15, 0.2) is 30.3 Å². The van der Waals surface area contributed by atoms with Gasteiger partial charge in [0, 0.05) is 0 Å². The molecular weight excluding hydrogens is 204 g/mol. The van der Waals surface area contributed by atoms with Gasteiger partial charge in [0.25, 0.3) is 5.91 Å². The Kier molecular flexibility index (Phi) is 6.22. The lowest BCUT2D eigenvalue weighted by atomic mass is 10.2. The quantitative estimate of drug-likeness (QED) is 0.539. The third-order valence-electron chi connectivity index (χ3n) is 1.98. The Morgan fingerprint density at radius 3 is 2.75 bits per heavy atom. The van der Waals surface area contributed by atoms with Crippen LogP contribution < -0.4 is 10.8 Å². The number of benzene rings is 1. The van der Waals surface area contributed by atoms with E-state index in [1.165, 1.54) is 0 Å². The van der Waals surface area contributed by atoms with Gasteiger partial charge in [-0.1, -0.05) is 37.3 Å². The summed E-state index contributed by atoms with van der Waals surface area (Å²) in [7, 11) is 0. The standard InChI is InChI=1S/C12H18N2O2/c1-2-8-13-9-12(15)14-16-10-11-6-4-3-5-7-11/h3-7,13H,2,8-10H2,1H3,(H,14,15). The van der Waals surface area contributed by atoms with Crippen LogP contribution in [0, 0.1) is 0 Å². The number of amides is 1. The average Bonchev–Trinajstić information content (AvgIpc) is 2.31. The molecule has 1 aromatic carbocycles. The van der Waals surface area contributed by atoms with E-state index in [2.05, 4.69) is 17.7 Å². The van der Waals surface area contributed by atoms with E-state index < -0.39 is 0 Å². The first-order valence-electron chi connectivity index (χ1n) is 5.48. The second-order valence-electron chi connectivity index (χ2n) is 3.48. The van der Waals surface area contributed by atoms with Gasteiger partial charge in [-0.3, -0.25) is 9.63 Å². The average molecular weight is 222 g/mol. The molecule has 4 nitrogen and oxygen atoms in total. The predicted molar refractivity (Wildman–Crippen MR) is 62.5 cm³/mol. The first-order valence-corrected chi connectivity index (χ1v) is 5.48. The molecule has 1 rings (SSSR count). The molecule has 0 aromatic heterocycles. The molecule has 0 bridgehead atoms. The molecule has 0 atom stereocenters. The molecule has 0 saturated carbocycles. The van der Waals surface area contributed by atoms with Crippen LogP contribution in [0.1, 0.15) is 18.9 Å². The van der Waals surface area contributed by atoms with E-state index in [1.54, 1.807) is 0 Å². The highest BCUT2D eigenvalue weighted by atomic mass is 16.6. The Hall–Kier alpha value is -1.39. The van der Waals surface area contributed by atoms with Crippen molar-refractivity contribution in [1.29, 1.82) is 0 Å². The van der Waals surface area contributed by atoms with Gasteiger partial charge in [-0.05, 0) is 18.5 Å². The smallest absolute Gasteiger partial charge is 0.257 e. The molecule has 0 heterocycles. The van der Waals surface area contributed by atoms with Gasteiger partial charge in [-0.2, -0.15) is 0 Å². The summed E-state index contributed by atoms with van der Waals surface area (Å²) in [6, 6.07) is 9.70. The summed E-state index contributed by atoms with van der Waals surface area (Å²) in [5.74, 6) is -0.149. The maximum Gasteiger partial charge on any atom is 0.257 e. The molecule has 88 valence electrons. The minimum Gasteiger partial charge on any atom is -0.308 e. The van der Waals surface area contributed by atoms with Crippen molar-refractivity contribution < 1.29 is 9.63 Å². The number of hydroxylamine groups is 1. The minimum atomic E-state index is -0.149. The third kappa shape index (κ3) is 5.48. The van der Waals surface area contributed by atoms with Gasteiger partial charge >= 0.3 is 0 Å². The van der Waals surface area contributed by atoms with Gasteiger partial charge in [0.2, 0.25) is 0 Å². The van der Waals surface area contributed by atoms with Gasteiger partial charge in [0.1, 0.15) is 0 Å². The van der Waals surface area contributed by atoms with E-state index in [0.29, 0.717) is 13.2 Å². The first-order chi connectivity index (χ1) is 7.83. The molecular formula is C12H18N2O2. The molecule has 0 aliphatic carbocycles. The largest absolute Gasteiger partial charge is 0.308 e. The Morgan fingerprint density at radius 1 is 1.31 bits per heavy atom. The second-order valence-corrected chi connectivity index (χ2v) is 3.48. The van der Waals surface area contributed by atoms with Crippen LogP contribution in [-0.2, 0) is 16.2 Å². The van der Waals surface area contributed by atoms with Crippen LogP contribution in [-0.4, -0.2) is 19.0 Å². The second kappa shape index (κ2) is 7.84. The molecule has 0 aliphatic heterocycles. The highest BCUT2D eigenvalue weighted by Gasteiger charge is 1.99. The van der Waals surface area contributed by atoms with Crippen molar-refractivity contribution in [2.24, 2.45) is 0 Å². The summed E-state index contributed by atoms with van der Waals surface area (Å²) < 4.78 is 0. The zero-order chi connectivity index (χ0) is 11.6. The number of hydrogen-bond acceptors (Lipinski definition) is 3. The fraction of sp³-hybridized carbons (Fsp3) is 0.417. The molecule has 2 N–H and O–H groups in total. The Balaban J connectivity index is 2.09. The van der Waals surface area contributed by atoms with E-state index in [-0.39, 0.29) is 5.91 Å². The van der Waals surface area contributed by atoms with Crippen LogP contribution in [0.25, 0.3) is 0 Å². The molecule has 16 heavy (non-hydrogen) atoms. The number of carbonyl (C=O) groups excluding carboxylic acids is 1. The van der Waals surface area contributed by atoms with Crippen molar-refractivity contribution in [3.05, 3.63) is 35.9 Å². The van der Waals surface area contributed by atoms with E-state index >= 15 is 0 Å². The molecule has 1 aromatic rings. The monoisotopic (exact) mass is 222 g/mol. The summed E-state index contributed by atoms with van der Waals surface area (Å²) in [6.45, 7) is 3.58. The summed E-state index contributed by atoms with van der Waals surface area (Å²) in [5.41, 5.74) is 3.42. The van der Waals surface area contributed by atoms with Gasteiger partial charge < -0.3 is 5.32 Å². The summed E-state index contributed by atoms with van der Waals surface area (Å²) in [4.78, 5) is 16.3. The first kappa shape index (κ1) is 12.7. The zero-order valence-electron chi connectivity index (χ0n) is 9.53. The third-order valence-corrected chi connectivity index (χ3v) is 1.98. The maximum atomic E-state index is 11.2. The molecule has 4 heteroatoms. The number of nitrogens with one attached hydrogen (secondary N) is 2. The van der Waals surface area contributed by atoms with Crippen molar-refractivity contribution >= 4 is 5.91 Å². The van der Waals surface area contributed by atoms with Crippen LogP contribution in [0.5, 0.6) is 0 Å². The zero-order valence-corrected chi connectivity index (χ0v) is 9.53. The fourth-order valence-corrected chi connectivity index (χ4v) is 1.19. The molecule has 0 aliphatic rings. The van der Waals surface area contributed by atoms with E-state index in [0.717, 1.165) is 18.5 Å². The highest BCUT2D eigenvalue weighted by Crippen LogP contribution is 1.98. The van der Waals surface area contributed by atoms with Gasteiger partial charge in [-0.15, -0.1) is 0 Å². The molecule has 1 amide bonds. The Labute approximate surface area is 95.9 Å². The molecule has 0 unspecified atom stereocenters. The topological polar surface area (TPSA) is 50.4 Å². The minimum absolute atomic E-state index is 0.149. The summed E-state index contributed by atoms with van der Waals surface area (Å²) in [6.07, 6.45) is 1.01. The van der Waals surface area contributed by atoms with Crippen LogP contribution in [0.2, 0.25) is 0 Å². The number of hydrogen-bond donors (Lipinski definition) is 2. The molecule has 0 saturated heterocycles. The lowest BCUT2D eigenvalue weighted by molar-refractivity contribution is -0.133. The van der Waals surface area contributed by atoms with Crippen LogP contribution in [0.3, 0.4) is 0 Å².